The highest BCUT2D eigenvalue weighted by Gasteiger charge is 2.26. The largest absolute Gasteiger partial charge is 0.458 e. The highest BCUT2D eigenvalue weighted by Crippen LogP contribution is 2.47. The van der Waals surface area contributed by atoms with Crippen LogP contribution in [0.25, 0.3) is 0 Å². The molecule has 0 aliphatic carbocycles. The van der Waals surface area contributed by atoms with Gasteiger partial charge in [-0.15, -0.1) is 0 Å². The number of hydrogen-bond donors (Lipinski definition) is 1. The van der Waals surface area contributed by atoms with Crippen molar-refractivity contribution in [1.82, 2.24) is 5.09 Å². The Kier molecular flexibility index (Phi) is 6.44. The first kappa shape index (κ1) is 17.1. The van der Waals surface area contributed by atoms with Crippen LogP contribution in [0.2, 0.25) is 15.1 Å². The maximum absolute atomic E-state index is 12.3. The van der Waals surface area contributed by atoms with Crippen molar-refractivity contribution in [1.29, 1.82) is 0 Å². The lowest BCUT2D eigenvalue weighted by molar-refractivity contribution is 0.306. The molecule has 1 aromatic rings. The van der Waals surface area contributed by atoms with Gasteiger partial charge in [-0.1, -0.05) is 48.7 Å². The third-order valence-electron chi connectivity index (χ3n) is 2.13. The normalized spacial score (nSPS) is 14.5. The van der Waals surface area contributed by atoms with Crippen molar-refractivity contribution >= 4 is 42.5 Å². The van der Waals surface area contributed by atoms with E-state index in [9.17, 15) is 4.57 Å². The summed E-state index contributed by atoms with van der Waals surface area (Å²) in [5.41, 5.74) is 0. The van der Waals surface area contributed by atoms with E-state index in [0.717, 1.165) is 0 Å². The minimum atomic E-state index is -3.47. The van der Waals surface area contributed by atoms with Gasteiger partial charge >= 0.3 is 7.75 Å². The standard InChI is InChI=1S/C11H15Cl3NO3P/c1-7(2)6-15-19(16,17-3)18-11-5-9(13)8(12)4-10(11)14/h4-5,7H,6H2,1-3H3,(H,15,16). The molecule has 1 aromatic carbocycles. The van der Waals surface area contributed by atoms with Crippen LogP contribution in [0, 0.1) is 5.92 Å². The second kappa shape index (κ2) is 7.16. The van der Waals surface area contributed by atoms with Crippen molar-refractivity contribution in [3.63, 3.8) is 0 Å². The van der Waals surface area contributed by atoms with E-state index in [2.05, 4.69) is 5.09 Å². The van der Waals surface area contributed by atoms with E-state index in [1.54, 1.807) is 0 Å². The van der Waals surface area contributed by atoms with Gasteiger partial charge < -0.3 is 4.52 Å². The second-order valence-electron chi connectivity index (χ2n) is 4.22. The van der Waals surface area contributed by atoms with Crippen LogP contribution in [0.4, 0.5) is 0 Å². The summed E-state index contributed by atoms with van der Waals surface area (Å²) in [7, 11) is -2.18. The van der Waals surface area contributed by atoms with E-state index in [0.29, 0.717) is 11.6 Å². The third kappa shape index (κ3) is 5.14. The summed E-state index contributed by atoms with van der Waals surface area (Å²) in [6.07, 6.45) is 0. The molecule has 0 saturated heterocycles. The molecule has 0 amide bonds. The minimum Gasteiger partial charge on any atom is -0.412 e. The lowest BCUT2D eigenvalue weighted by Gasteiger charge is -2.19. The molecular formula is C11H15Cl3NO3P. The Morgan fingerprint density at radius 1 is 1.21 bits per heavy atom. The first-order chi connectivity index (χ1) is 8.77. The first-order valence-electron chi connectivity index (χ1n) is 5.52. The Hall–Kier alpha value is 0.0400. The number of benzene rings is 1. The van der Waals surface area contributed by atoms with Gasteiger partial charge in [-0.3, -0.25) is 4.52 Å². The predicted molar refractivity (Wildman–Crippen MR) is 79.6 cm³/mol. The molecular weight excluding hydrogens is 331 g/mol. The van der Waals surface area contributed by atoms with E-state index >= 15 is 0 Å². The van der Waals surface area contributed by atoms with Gasteiger partial charge in [0.25, 0.3) is 0 Å². The average Bonchev–Trinajstić information content (AvgIpc) is 2.33. The molecule has 0 aliphatic heterocycles. The number of nitrogens with one attached hydrogen (secondary N) is 1. The zero-order valence-corrected chi connectivity index (χ0v) is 13.9. The molecule has 1 N–H and O–H groups in total. The van der Waals surface area contributed by atoms with Crippen LogP contribution < -0.4 is 9.61 Å². The molecule has 0 aliphatic rings. The molecule has 0 radical (unpaired) electrons. The molecule has 0 spiro atoms. The SMILES string of the molecule is COP(=O)(NCC(C)C)Oc1cc(Cl)c(Cl)cc1Cl. The van der Waals surface area contributed by atoms with E-state index < -0.39 is 7.75 Å². The molecule has 1 unspecified atom stereocenters. The minimum absolute atomic E-state index is 0.150. The number of hydrogen-bond acceptors (Lipinski definition) is 3. The fourth-order valence-electron chi connectivity index (χ4n) is 1.13. The smallest absolute Gasteiger partial charge is 0.412 e. The molecule has 1 atom stereocenters. The van der Waals surface area contributed by atoms with Crippen LogP contribution in [-0.4, -0.2) is 13.7 Å². The van der Waals surface area contributed by atoms with Gasteiger partial charge in [-0.05, 0) is 12.0 Å². The van der Waals surface area contributed by atoms with E-state index in [1.165, 1.54) is 19.2 Å². The summed E-state index contributed by atoms with van der Waals surface area (Å²) in [5.74, 6) is 0.439. The van der Waals surface area contributed by atoms with E-state index in [4.69, 9.17) is 43.9 Å². The Bertz CT molecular complexity index is 496. The highest BCUT2D eigenvalue weighted by atomic mass is 35.5. The summed E-state index contributed by atoms with van der Waals surface area (Å²) < 4.78 is 22.5. The molecule has 19 heavy (non-hydrogen) atoms. The van der Waals surface area contributed by atoms with Crippen molar-refractivity contribution < 1.29 is 13.6 Å². The second-order valence-corrected chi connectivity index (χ2v) is 7.30. The van der Waals surface area contributed by atoms with E-state index in [-0.39, 0.29) is 21.7 Å². The topological polar surface area (TPSA) is 47.6 Å². The van der Waals surface area contributed by atoms with Crippen LogP contribution in [-0.2, 0) is 9.09 Å². The Balaban J connectivity index is 2.92. The van der Waals surface area contributed by atoms with Gasteiger partial charge in [0.05, 0.1) is 15.1 Å². The molecule has 0 fully saturated rings. The van der Waals surface area contributed by atoms with Gasteiger partial charge in [0.1, 0.15) is 0 Å². The number of rotatable bonds is 6. The molecule has 0 saturated carbocycles. The summed E-state index contributed by atoms with van der Waals surface area (Å²) in [6.45, 7) is 4.42. The lowest BCUT2D eigenvalue weighted by atomic mass is 10.2. The van der Waals surface area contributed by atoms with Gasteiger partial charge in [-0.2, -0.15) is 0 Å². The molecule has 8 heteroatoms. The molecule has 4 nitrogen and oxygen atoms in total. The van der Waals surface area contributed by atoms with Crippen LogP contribution in [0.15, 0.2) is 12.1 Å². The van der Waals surface area contributed by atoms with Crippen molar-refractivity contribution in [3.05, 3.63) is 27.2 Å². The Labute approximate surface area is 127 Å². The van der Waals surface area contributed by atoms with Gasteiger partial charge in [0, 0.05) is 19.7 Å². The van der Waals surface area contributed by atoms with Crippen LogP contribution in [0.1, 0.15) is 13.8 Å². The maximum Gasteiger partial charge on any atom is 0.458 e. The van der Waals surface area contributed by atoms with Gasteiger partial charge in [0.15, 0.2) is 5.75 Å². The van der Waals surface area contributed by atoms with Crippen molar-refractivity contribution in [2.45, 2.75) is 13.8 Å². The summed E-state index contributed by atoms with van der Waals surface area (Å²) in [6, 6.07) is 2.82. The monoisotopic (exact) mass is 345 g/mol. The lowest BCUT2D eigenvalue weighted by Crippen LogP contribution is -2.20. The third-order valence-corrected chi connectivity index (χ3v) is 4.63. The average molecular weight is 347 g/mol. The van der Waals surface area contributed by atoms with Crippen molar-refractivity contribution in [3.8, 4) is 5.75 Å². The summed E-state index contributed by atoms with van der Waals surface area (Å²) in [5, 5.41) is 3.49. The summed E-state index contributed by atoms with van der Waals surface area (Å²) in [4.78, 5) is 0. The van der Waals surface area contributed by atoms with Crippen LogP contribution in [0.3, 0.4) is 0 Å². The molecule has 0 aromatic heterocycles. The molecule has 1 rings (SSSR count). The fraction of sp³-hybridized carbons (Fsp3) is 0.455. The van der Waals surface area contributed by atoms with E-state index in [1.807, 2.05) is 13.8 Å². The van der Waals surface area contributed by atoms with Crippen LogP contribution >= 0.6 is 42.5 Å². The quantitative estimate of drug-likeness (QED) is 0.580. The predicted octanol–water partition coefficient (Wildman–Crippen LogP) is 5.03. The van der Waals surface area contributed by atoms with Crippen molar-refractivity contribution in [2.24, 2.45) is 5.92 Å². The van der Waals surface area contributed by atoms with Gasteiger partial charge in [0.2, 0.25) is 0 Å². The maximum atomic E-state index is 12.3. The zero-order valence-electron chi connectivity index (χ0n) is 10.7. The van der Waals surface area contributed by atoms with Gasteiger partial charge in [-0.25, -0.2) is 9.65 Å². The highest BCUT2D eigenvalue weighted by molar-refractivity contribution is 7.52. The Morgan fingerprint density at radius 2 is 1.79 bits per heavy atom. The zero-order chi connectivity index (χ0) is 14.6. The van der Waals surface area contributed by atoms with Crippen molar-refractivity contribution in [2.75, 3.05) is 13.7 Å². The molecule has 0 heterocycles. The fourth-order valence-corrected chi connectivity index (χ4v) is 3.03. The molecule has 0 bridgehead atoms. The Morgan fingerprint density at radius 3 is 2.32 bits per heavy atom. The first-order valence-corrected chi connectivity index (χ1v) is 8.20. The summed E-state index contributed by atoms with van der Waals surface area (Å²) >= 11 is 17.6. The molecule has 108 valence electrons. The van der Waals surface area contributed by atoms with Crippen LogP contribution in [0.5, 0.6) is 5.75 Å². The number of halogens is 3.